The van der Waals surface area contributed by atoms with Gasteiger partial charge in [-0.2, -0.15) is 0 Å². The molecule has 1 unspecified atom stereocenters. The molecule has 110 valence electrons. The Kier molecular flexibility index (Phi) is 5.59. The molecule has 0 spiro atoms. The molecule has 0 saturated carbocycles. The maximum atomic E-state index is 10.1. The van der Waals surface area contributed by atoms with Gasteiger partial charge in [0, 0.05) is 16.3 Å². The number of rotatable bonds is 4. The molecule has 0 fully saturated rings. The minimum Gasteiger partial charge on any atom is -0.506 e. The van der Waals surface area contributed by atoms with Crippen LogP contribution in [0, 0.1) is 0 Å². The number of halogens is 2. The fraction of sp³-hybridized carbons (Fsp3) is 0.235. The lowest BCUT2D eigenvalue weighted by molar-refractivity contribution is 0.471. The fourth-order valence-electron chi connectivity index (χ4n) is 2.07. The molecule has 0 aromatic heterocycles. The van der Waals surface area contributed by atoms with Gasteiger partial charge in [-0.05, 0) is 52.0 Å². The second-order valence-electron chi connectivity index (χ2n) is 4.95. The van der Waals surface area contributed by atoms with E-state index >= 15 is 0 Å². The number of para-hydroxylation sites is 1. The van der Waals surface area contributed by atoms with E-state index in [9.17, 15) is 5.11 Å². The second-order valence-corrected chi connectivity index (χ2v) is 6.72. The van der Waals surface area contributed by atoms with Gasteiger partial charge in [0.15, 0.2) is 0 Å². The molecule has 0 aliphatic carbocycles. The first-order valence-corrected chi connectivity index (χ1v) is 8.42. The van der Waals surface area contributed by atoms with Crippen molar-refractivity contribution in [2.45, 2.75) is 26.2 Å². The summed E-state index contributed by atoms with van der Waals surface area (Å²) >= 11 is 6.75. The van der Waals surface area contributed by atoms with Crippen LogP contribution in [0.1, 0.15) is 37.3 Å². The van der Waals surface area contributed by atoms with E-state index in [2.05, 4.69) is 56.8 Å². The van der Waals surface area contributed by atoms with Crippen LogP contribution in [-0.4, -0.2) is 11.3 Å². The van der Waals surface area contributed by atoms with E-state index in [0.717, 1.165) is 16.6 Å². The summed E-state index contributed by atoms with van der Waals surface area (Å²) in [5.74, 6) is 0.657. The molecule has 0 radical (unpaired) electrons. The lowest BCUT2D eigenvalue weighted by Gasteiger charge is -2.11. The Hall–Kier alpha value is -1.13. The summed E-state index contributed by atoms with van der Waals surface area (Å²) in [4.78, 5) is 4.56. The third-order valence-corrected chi connectivity index (χ3v) is 4.54. The van der Waals surface area contributed by atoms with Gasteiger partial charge >= 0.3 is 0 Å². The molecule has 1 atom stereocenters. The van der Waals surface area contributed by atoms with Crippen LogP contribution < -0.4 is 0 Å². The molecular weight excluding hydrogens is 394 g/mol. The maximum Gasteiger partial charge on any atom is 0.138 e. The number of aromatic hydroxyl groups is 1. The molecular formula is C17H17Br2NO. The third-order valence-electron chi connectivity index (χ3n) is 3.48. The molecule has 2 aromatic rings. The van der Waals surface area contributed by atoms with Crippen LogP contribution >= 0.6 is 31.9 Å². The Labute approximate surface area is 142 Å². The van der Waals surface area contributed by atoms with Gasteiger partial charge in [-0.1, -0.05) is 48.0 Å². The van der Waals surface area contributed by atoms with Crippen molar-refractivity contribution in [3.63, 3.8) is 0 Å². The van der Waals surface area contributed by atoms with E-state index in [1.807, 2.05) is 24.3 Å². The highest BCUT2D eigenvalue weighted by molar-refractivity contribution is 9.11. The summed E-state index contributed by atoms with van der Waals surface area (Å²) in [6, 6.07) is 11.8. The van der Waals surface area contributed by atoms with Gasteiger partial charge < -0.3 is 5.11 Å². The van der Waals surface area contributed by atoms with Gasteiger partial charge in [0.05, 0.1) is 10.2 Å². The second kappa shape index (κ2) is 7.23. The summed E-state index contributed by atoms with van der Waals surface area (Å²) < 4.78 is 1.54. The van der Waals surface area contributed by atoms with Crippen LogP contribution in [0.4, 0.5) is 5.69 Å². The minimum atomic E-state index is 0.197. The number of phenolic OH excluding ortho intramolecular Hbond substituents is 1. The number of benzene rings is 2. The predicted octanol–water partition coefficient (Wildman–Crippen LogP) is 6.18. The molecule has 0 heterocycles. The largest absolute Gasteiger partial charge is 0.506 e. The molecule has 2 aromatic carbocycles. The summed E-state index contributed by atoms with van der Waals surface area (Å²) in [5, 5.41) is 10.1. The normalized spacial score (nSPS) is 12.8. The Morgan fingerprint density at radius 3 is 2.67 bits per heavy atom. The molecule has 4 heteroatoms. The smallest absolute Gasteiger partial charge is 0.138 e. The average molecular weight is 411 g/mol. The average Bonchev–Trinajstić information content (AvgIpc) is 2.49. The molecule has 0 amide bonds. The summed E-state index contributed by atoms with van der Waals surface area (Å²) in [6.45, 7) is 4.37. The first kappa shape index (κ1) is 16.2. The van der Waals surface area contributed by atoms with Crippen molar-refractivity contribution in [3.05, 3.63) is 56.5 Å². The first-order chi connectivity index (χ1) is 10.0. The number of aliphatic imine (C=N–C) groups is 1. The quantitative estimate of drug-likeness (QED) is 0.599. The highest BCUT2D eigenvalue weighted by Crippen LogP contribution is 2.32. The zero-order chi connectivity index (χ0) is 15.4. The van der Waals surface area contributed by atoms with Crippen LogP contribution in [0.15, 0.2) is 50.3 Å². The number of nitrogens with zero attached hydrogens (tertiary/aromatic N) is 1. The molecule has 0 bridgehead atoms. The Morgan fingerprint density at radius 1 is 1.24 bits per heavy atom. The zero-order valence-corrected chi connectivity index (χ0v) is 15.1. The van der Waals surface area contributed by atoms with Crippen molar-refractivity contribution in [3.8, 4) is 5.75 Å². The molecule has 0 saturated heterocycles. The van der Waals surface area contributed by atoms with E-state index in [1.165, 1.54) is 5.56 Å². The Morgan fingerprint density at radius 2 is 1.95 bits per heavy atom. The third kappa shape index (κ3) is 3.95. The number of hydrogen-bond donors (Lipinski definition) is 1. The van der Waals surface area contributed by atoms with Gasteiger partial charge in [0.1, 0.15) is 5.75 Å². The standard InChI is InChI=1S/C17H17Br2NO/c1-3-11(2)14-6-4-5-7-16(14)20-10-12-8-13(18)9-15(19)17(12)21/h4-11,21H,3H2,1-2H3. The van der Waals surface area contributed by atoms with Crippen LogP contribution in [0.2, 0.25) is 0 Å². The van der Waals surface area contributed by atoms with Gasteiger partial charge in [0.25, 0.3) is 0 Å². The Bertz CT molecular complexity index is 668. The zero-order valence-electron chi connectivity index (χ0n) is 12.0. The molecule has 21 heavy (non-hydrogen) atoms. The number of phenols is 1. The molecule has 0 aliphatic heterocycles. The van der Waals surface area contributed by atoms with Crippen molar-refractivity contribution < 1.29 is 5.11 Å². The predicted molar refractivity (Wildman–Crippen MR) is 95.9 cm³/mol. The van der Waals surface area contributed by atoms with Gasteiger partial charge in [-0.3, -0.25) is 4.99 Å². The van der Waals surface area contributed by atoms with Gasteiger partial charge in [0.2, 0.25) is 0 Å². The van der Waals surface area contributed by atoms with E-state index in [0.29, 0.717) is 16.0 Å². The number of hydrogen-bond acceptors (Lipinski definition) is 2. The van der Waals surface area contributed by atoms with Gasteiger partial charge in [-0.15, -0.1) is 0 Å². The van der Waals surface area contributed by atoms with E-state index in [-0.39, 0.29) is 5.75 Å². The SMILES string of the molecule is CCC(C)c1ccccc1N=Cc1cc(Br)cc(Br)c1O. The maximum absolute atomic E-state index is 10.1. The minimum absolute atomic E-state index is 0.197. The van der Waals surface area contributed by atoms with Crippen molar-refractivity contribution in [2.75, 3.05) is 0 Å². The van der Waals surface area contributed by atoms with Crippen molar-refractivity contribution in [2.24, 2.45) is 4.99 Å². The van der Waals surface area contributed by atoms with Crippen LogP contribution in [0.3, 0.4) is 0 Å². The Balaban J connectivity index is 2.39. The van der Waals surface area contributed by atoms with Crippen LogP contribution in [0.5, 0.6) is 5.75 Å². The molecule has 0 aliphatic rings. The summed E-state index contributed by atoms with van der Waals surface area (Å²) in [7, 11) is 0. The topological polar surface area (TPSA) is 32.6 Å². The molecule has 2 nitrogen and oxygen atoms in total. The van der Waals surface area contributed by atoms with E-state index in [1.54, 1.807) is 12.3 Å². The summed E-state index contributed by atoms with van der Waals surface area (Å²) in [5.41, 5.74) is 2.85. The highest BCUT2D eigenvalue weighted by Gasteiger charge is 2.08. The highest BCUT2D eigenvalue weighted by atomic mass is 79.9. The van der Waals surface area contributed by atoms with Crippen molar-refractivity contribution in [1.82, 2.24) is 0 Å². The lowest BCUT2D eigenvalue weighted by atomic mass is 9.97. The van der Waals surface area contributed by atoms with Crippen LogP contribution in [-0.2, 0) is 0 Å². The lowest BCUT2D eigenvalue weighted by Crippen LogP contribution is -1.92. The van der Waals surface area contributed by atoms with Gasteiger partial charge in [-0.25, -0.2) is 0 Å². The van der Waals surface area contributed by atoms with Crippen molar-refractivity contribution in [1.29, 1.82) is 0 Å². The monoisotopic (exact) mass is 409 g/mol. The molecule has 1 N–H and O–H groups in total. The van der Waals surface area contributed by atoms with Crippen molar-refractivity contribution >= 4 is 43.8 Å². The fourth-order valence-corrected chi connectivity index (χ4v) is 3.32. The van der Waals surface area contributed by atoms with E-state index < -0.39 is 0 Å². The summed E-state index contributed by atoms with van der Waals surface area (Å²) in [6.07, 6.45) is 2.77. The van der Waals surface area contributed by atoms with Crippen LogP contribution in [0.25, 0.3) is 0 Å². The molecule has 2 rings (SSSR count). The van der Waals surface area contributed by atoms with E-state index in [4.69, 9.17) is 0 Å². The first-order valence-electron chi connectivity index (χ1n) is 6.84.